The van der Waals surface area contributed by atoms with Gasteiger partial charge >= 0.3 is 0 Å². The third-order valence-corrected chi connectivity index (χ3v) is 6.82. The van der Waals surface area contributed by atoms with Crippen LogP contribution in [0.4, 0.5) is 5.69 Å². The molecule has 1 N–H and O–H groups in total. The van der Waals surface area contributed by atoms with Gasteiger partial charge in [-0.15, -0.1) is 0 Å². The van der Waals surface area contributed by atoms with Gasteiger partial charge in [-0.3, -0.25) is 19.3 Å². The SMILES string of the molecule is CN1C(=O)C2(C)CC(C)(C(=O)Nc3cc(Cl)c(Cl)cc3Cl)CC(C)(C2)C1=O. The van der Waals surface area contributed by atoms with Crippen LogP contribution in [0.2, 0.25) is 15.1 Å². The minimum absolute atomic E-state index is 0.240. The summed E-state index contributed by atoms with van der Waals surface area (Å²) in [6, 6.07) is 2.95. The topological polar surface area (TPSA) is 66.5 Å². The Kier molecular flexibility index (Phi) is 4.81. The lowest BCUT2D eigenvalue weighted by molar-refractivity contribution is -0.177. The van der Waals surface area contributed by atoms with E-state index in [-0.39, 0.29) is 32.8 Å². The van der Waals surface area contributed by atoms with Crippen molar-refractivity contribution in [3.05, 3.63) is 27.2 Å². The summed E-state index contributed by atoms with van der Waals surface area (Å²) in [5.41, 5.74) is -2.12. The summed E-state index contributed by atoms with van der Waals surface area (Å²) in [6.45, 7) is 5.44. The van der Waals surface area contributed by atoms with Crippen molar-refractivity contribution in [1.82, 2.24) is 4.90 Å². The van der Waals surface area contributed by atoms with Crippen molar-refractivity contribution in [3.8, 4) is 0 Å². The fraction of sp³-hybridized carbons (Fsp3) is 0.526. The summed E-state index contributed by atoms with van der Waals surface area (Å²) in [4.78, 5) is 39.8. The second-order valence-electron chi connectivity index (χ2n) is 8.58. The molecule has 1 heterocycles. The number of rotatable bonds is 2. The molecule has 2 aliphatic rings. The van der Waals surface area contributed by atoms with Crippen LogP contribution in [0.15, 0.2) is 12.1 Å². The van der Waals surface area contributed by atoms with E-state index in [0.29, 0.717) is 24.9 Å². The fourth-order valence-electron chi connectivity index (χ4n) is 5.03. The smallest absolute Gasteiger partial charge is 0.234 e. The molecule has 1 aliphatic heterocycles. The Balaban J connectivity index is 1.95. The summed E-state index contributed by atoms with van der Waals surface area (Å²) in [5, 5.41) is 3.63. The van der Waals surface area contributed by atoms with Gasteiger partial charge in [0, 0.05) is 23.3 Å². The lowest BCUT2D eigenvalue weighted by Crippen LogP contribution is -2.63. The highest BCUT2D eigenvalue weighted by molar-refractivity contribution is 6.44. The molecule has 5 nitrogen and oxygen atoms in total. The molecular weight excluding hydrogens is 411 g/mol. The number of nitrogens with one attached hydrogen (secondary N) is 1. The highest BCUT2D eigenvalue weighted by Crippen LogP contribution is 2.58. The Hall–Kier alpha value is -1.30. The molecule has 146 valence electrons. The largest absolute Gasteiger partial charge is 0.324 e. The average Bonchev–Trinajstić information content (AvgIpc) is 2.55. The van der Waals surface area contributed by atoms with Crippen molar-refractivity contribution in [1.29, 1.82) is 0 Å². The second-order valence-corrected chi connectivity index (χ2v) is 9.80. The molecule has 1 aromatic rings. The molecule has 0 spiro atoms. The summed E-state index contributed by atoms with van der Waals surface area (Å²) < 4.78 is 0. The van der Waals surface area contributed by atoms with Gasteiger partial charge in [-0.1, -0.05) is 55.6 Å². The van der Waals surface area contributed by atoms with E-state index in [1.54, 1.807) is 6.92 Å². The molecule has 0 radical (unpaired) electrons. The number of benzene rings is 1. The number of nitrogens with zero attached hydrogens (tertiary/aromatic N) is 1. The quantitative estimate of drug-likeness (QED) is 0.541. The number of halogens is 3. The van der Waals surface area contributed by atoms with Crippen LogP contribution in [0, 0.1) is 16.2 Å². The Morgan fingerprint density at radius 1 is 0.926 bits per heavy atom. The molecule has 0 aromatic heterocycles. The predicted molar refractivity (Wildman–Crippen MR) is 106 cm³/mol. The molecule has 1 aliphatic carbocycles. The van der Waals surface area contributed by atoms with Crippen molar-refractivity contribution in [2.45, 2.75) is 40.0 Å². The monoisotopic (exact) mass is 430 g/mol. The van der Waals surface area contributed by atoms with Crippen LogP contribution in [-0.2, 0) is 14.4 Å². The minimum Gasteiger partial charge on any atom is -0.324 e. The third kappa shape index (κ3) is 3.24. The summed E-state index contributed by atoms with van der Waals surface area (Å²) in [7, 11) is 1.51. The van der Waals surface area contributed by atoms with E-state index in [4.69, 9.17) is 34.8 Å². The Labute approximate surface area is 173 Å². The molecule has 2 fully saturated rings. The van der Waals surface area contributed by atoms with Gasteiger partial charge in [0.05, 0.1) is 20.8 Å². The lowest BCUT2D eigenvalue weighted by Gasteiger charge is -2.55. The maximum Gasteiger partial charge on any atom is 0.234 e. The van der Waals surface area contributed by atoms with Crippen LogP contribution in [-0.4, -0.2) is 29.7 Å². The number of hydrogen-bond donors (Lipinski definition) is 1. The molecule has 1 aromatic carbocycles. The first-order chi connectivity index (χ1) is 12.3. The van der Waals surface area contributed by atoms with E-state index in [9.17, 15) is 14.4 Å². The number of likely N-dealkylation sites (tertiary alicyclic amines) is 1. The standard InChI is InChI=1S/C19H21Cl3N2O3/c1-17(14(25)23-13-6-11(21)10(20)5-12(13)22)7-18(2)9-19(3,8-17)16(27)24(4)15(18)26/h5-6H,7-9H2,1-4H3,(H,23,25). The maximum absolute atomic E-state index is 13.2. The van der Waals surface area contributed by atoms with Gasteiger partial charge in [-0.25, -0.2) is 0 Å². The number of imide groups is 1. The van der Waals surface area contributed by atoms with Crippen LogP contribution in [0.25, 0.3) is 0 Å². The van der Waals surface area contributed by atoms with Crippen molar-refractivity contribution in [3.63, 3.8) is 0 Å². The van der Waals surface area contributed by atoms with Gasteiger partial charge in [0.2, 0.25) is 17.7 Å². The predicted octanol–water partition coefficient (Wildman–Crippen LogP) is 4.79. The number of anilines is 1. The van der Waals surface area contributed by atoms with Gasteiger partial charge in [0.15, 0.2) is 0 Å². The van der Waals surface area contributed by atoms with Crippen molar-refractivity contribution >= 4 is 58.2 Å². The van der Waals surface area contributed by atoms with Crippen LogP contribution in [0.3, 0.4) is 0 Å². The number of amides is 3. The van der Waals surface area contributed by atoms with Gasteiger partial charge in [0.1, 0.15) is 0 Å². The van der Waals surface area contributed by atoms with E-state index in [0.717, 1.165) is 0 Å². The molecule has 1 saturated heterocycles. The van der Waals surface area contributed by atoms with E-state index >= 15 is 0 Å². The van der Waals surface area contributed by atoms with Crippen molar-refractivity contribution in [2.24, 2.45) is 16.2 Å². The number of hydrogen-bond acceptors (Lipinski definition) is 3. The van der Waals surface area contributed by atoms with E-state index in [1.807, 2.05) is 13.8 Å². The highest BCUT2D eigenvalue weighted by atomic mass is 35.5. The van der Waals surface area contributed by atoms with Gasteiger partial charge in [-0.2, -0.15) is 0 Å². The van der Waals surface area contributed by atoms with E-state index in [2.05, 4.69) is 5.32 Å². The maximum atomic E-state index is 13.2. The van der Waals surface area contributed by atoms with Crippen LogP contribution in [0.5, 0.6) is 0 Å². The first-order valence-corrected chi connectivity index (χ1v) is 9.73. The molecule has 8 heteroatoms. The minimum atomic E-state index is -0.913. The third-order valence-electron chi connectivity index (χ3n) is 5.79. The molecule has 3 amide bonds. The van der Waals surface area contributed by atoms with Gasteiger partial charge in [-0.05, 0) is 31.4 Å². The zero-order valence-corrected chi connectivity index (χ0v) is 17.8. The van der Waals surface area contributed by atoms with Crippen LogP contribution in [0.1, 0.15) is 40.0 Å². The van der Waals surface area contributed by atoms with Crippen LogP contribution >= 0.6 is 34.8 Å². The van der Waals surface area contributed by atoms with Crippen molar-refractivity contribution < 1.29 is 14.4 Å². The van der Waals surface area contributed by atoms with Crippen molar-refractivity contribution in [2.75, 3.05) is 12.4 Å². The zero-order valence-electron chi connectivity index (χ0n) is 15.6. The number of piperidine rings is 1. The van der Waals surface area contributed by atoms with Gasteiger partial charge in [0.25, 0.3) is 0 Å². The summed E-state index contributed by atoms with van der Waals surface area (Å²) in [6.07, 6.45) is 1.13. The number of fused-ring (bicyclic) bond motifs is 2. The molecule has 2 bridgehead atoms. The Morgan fingerprint density at radius 2 is 1.41 bits per heavy atom. The highest BCUT2D eigenvalue weighted by Gasteiger charge is 2.62. The summed E-state index contributed by atoms with van der Waals surface area (Å²) >= 11 is 18.1. The molecular formula is C19H21Cl3N2O3. The number of carbonyl (C=O) groups is 3. The fourth-order valence-corrected chi connectivity index (χ4v) is 5.62. The molecule has 1 saturated carbocycles. The Bertz CT molecular complexity index is 842. The zero-order chi connectivity index (χ0) is 20.4. The second kappa shape index (κ2) is 6.36. The Morgan fingerprint density at radius 3 is 1.93 bits per heavy atom. The summed E-state index contributed by atoms with van der Waals surface area (Å²) in [5.74, 6) is -0.780. The van der Waals surface area contributed by atoms with E-state index in [1.165, 1.54) is 24.1 Å². The van der Waals surface area contributed by atoms with E-state index < -0.39 is 16.2 Å². The molecule has 27 heavy (non-hydrogen) atoms. The van der Waals surface area contributed by atoms with Crippen LogP contribution < -0.4 is 5.32 Å². The molecule has 2 atom stereocenters. The first kappa shape index (κ1) is 20.4. The molecule has 3 rings (SSSR count). The first-order valence-electron chi connectivity index (χ1n) is 8.60. The van der Waals surface area contributed by atoms with Gasteiger partial charge < -0.3 is 5.32 Å². The number of carbonyl (C=O) groups excluding carboxylic acids is 3. The normalized spacial score (nSPS) is 33.2. The molecule has 2 unspecified atom stereocenters. The average molecular weight is 432 g/mol. The lowest BCUT2D eigenvalue weighted by atomic mass is 9.51.